The number of para-hydroxylation sites is 1. The number of hydrogen-bond acceptors (Lipinski definition) is 5. The van der Waals surface area contributed by atoms with Crippen LogP contribution in [0.4, 0.5) is 25.8 Å². The molecule has 0 spiro atoms. The molecule has 0 radical (unpaired) electrons. The summed E-state index contributed by atoms with van der Waals surface area (Å²) in [5.41, 5.74) is 4.00. The lowest BCUT2D eigenvalue weighted by atomic mass is 9.89. The number of amidine groups is 1. The van der Waals surface area contributed by atoms with Crippen molar-refractivity contribution in [1.82, 2.24) is 0 Å². The second-order valence-corrected chi connectivity index (χ2v) is 10.0. The lowest BCUT2D eigenvalue weighted by Crippen LogP contribution is -2.46. The minimum atomic E-state index is -0.982. The van der Waals surface area contributed by atoms with Crippen LogP contribution in [0, 0.1) is 31.4 Å². The number of benzene rings is 3. The van der Waals surface area contributed by atoms with Gasteiger partial charge < -0.3 is 19.6 Å². The fraction of sp³-hybridized carbons (Fsp3) is 0.333. The van der Waals surface area contributed by atoms with Gasteiger partial charge in [0.25, 0.3) is 0 Å². The monoisotopic (exact) mass is 519 g/mol. The molecule has 0 amide bonds. The number of ether oxygens (including phenoxy) is 1. The third-order valence-electron chi connectivity index (χ3n) is 7.49. The quantitative estimate of drug-likeness (QED) is 0.399. The zero-order chi connectivity index (χ0) is 27.0. The summed E-state index contributed by atoms with van der Waals surface area (Å²) < 4.78 is 34.6. The third-order valence-corrected chi connectivity index (χ3v) is 7.49. The lowest BCUT2D eigenvalue weighted by molar-refractivity contribution is -0.137. The third kappa shape index (κ3) is 4.83. The summed E-state index contributed by atoms with van der Waals surface area (Å²) in [4.78, 5) is 21.1. The number of carboxylic acid groups (broad SMARTS) is 1. The van der Waals surface area contributed by atoms with Crippen LogP contribution >= 0.6 is 0 Å². The van der Waals surface area contributed by atoms with Crippen LogP contribution in [0.3, 0.4) is 0 Å². The largest absolute Gasteiger partial charge is 0.495 e. The van der Waals surface area contributed by atoms with Crippen molar-refractivity contribution in [2.75, 3.05) is 30.0 Å². The van der Waals surface area contributed by atoms with Gasteiger partial charge in [0.2, 0.25) is 0 Å². The number of aliphatic carboxylic acids is 1. The molecule has 198 valence electrons. The Kier molecular flexibility index (Phi) is 7.06. The van der Waals surface area contributed by atoms with E-state index in [2.05, 4.69) is 4.90 Å². The Morgan fingerprint density at radius 3 is 2.50 bits per heavy atom. The Labute approximate surface area is 221 Å². The molecule has 3 aromatic carbocycles. The molecular weight excluding hydrogens is 488 g/mol. The summed E-state index contributed by atoms with van der Waals surface area (Å²) in [5.74, 6) is -0.476. The van der Waals surface area contributed by atoms with Crippen molar-refractivity contribution in [2.45, 2.75) is 39.2 Å². The van der Waals surface area contributed by atoms with Gasteiger partial charge in [-0.3, -0.25) is 4.79 Å². The first-order chi connectivity index (χ1) is 18.3. The van der Waals surface area contributed by atoms with E-state index in [9.17, 15) is 14.3 Å². The minimum Gasteiger partial charge on any atom is -0.495 e. The van der Waals surface area contributed by atoms with Crippen molar-refractivity contribution in [2.24, 2.45) is 10.9 Å². The highest BCUT2D eigenvalue weighted by Gasteiger charge is 2.39. The van der Waals surface area contributed by atoms with Gasteiger partial charge in [-0.05, 0) is 74.2 Å². The van der Waals surface area contributed by atoms with E-state index in [0.717, 1.165) is 24.1 Å². The summed E-state index contributed by atoms with van der Waals surface area (Å²) in [6.45, 7) is 5.14. The van der Waals surface area contributed by atoms with Crippen LogP contribution in [-0.4, -0.2) is 37.1 Å². The molecule has 38 heavy (non-hydrogen) atoms. The van der Waals surface area contributed by atoms with Gasteiger partial charge in [-0.15, -0.1) is 0 Å². The van der Waals surface area contributed by atoms with Crippen LogP contribution in [0.15, 0.2) is 59.6 Å². The molecule has 1 unspecified atom stereocenters. The van der Waals surface area contributed by atoms with E-state index in [0.29, 0.717) is 41.5 Å². The van der Waals surface area contributed by atoms with Crippen LogP contribution in [-0.2, 0) is 4.79 Å². The Hall–Kier alpha value is -3.94. The number of hydrogen-bond donors (Lipinski definition) is 1. The SMILES string of the molecule is COc1ccc(C)cc1N1C(C2CCN(c3ccc(F)c(C)c3)CC2)=Nc2c(F)cccc2C1CC(=O)O. The second-order valence-electron chi connectivity index (χ2n) is 10.0. The molecule has 0 saturated carbocycles. The van der Waals surface area contributed by atoms with Crippen molar-refractivity contribution < 1.29 is 23.4 Å². The molecule has 2 heterocycles. The predicted octanol–water partition coefficient (Wildman–Crippen LogP) is 6.57. The number of halogens is 2. The molecule has 3 aromatic rings. The van der Waals surface area contributed by atoms with Crippen molar-refractivity contribution in [1.29, 1.82) is 0 Å². The number of aryl methyl sites for hydroxylation is 2. The second kappa shape index (κ2) is 10.4. The summed E-state index contributed by atoms with van der Waals surface area (Å²) in [6, 6.07) is 14.9. The van der Waals surface area contributed by atoms with E-state index >= 15 is 4.39 Å². The zero-order valence-electron chi connectivity index (χ0n) is 21.7. The van der Waals surface area contributed by atoms with E-state index in [1.165, 1.54) is 12.1 Å². The number of aliphatic imine (C=N–C) groups is 1. The average molecular weight is 520 g/mol. The number of nitrogens with zero attached hydrogens (tertiary/aromatic N) is 3. The highest BCUT2D eigenvalue weighted by atomic mass is 19.1. The molecule has 8 heteroatoms. The molecule has 5 rings (SSSR count). The van der Waals surface area contributed by atoms with E-state index in [-0.39, 0.29) is 23.8 Å². The summed E-state index contributed by atoms with van der Waals surface area (Å²) >= 11 is 0. The molecule has 1 saturated heterocycles. The van der Waals surface area contributed by atoms with Crippen LogP contribution in [0.2, 0.25) is 0 Å². The van der Waals surface area contributed by atoms with Crippen molar-refractivity contribution in [3.05, 3.63) is 82.9 Å². The van der Waals surface area contributed by atoms with Gasteiger partial charge in [-0.2, -0.15) is 0 Å². The van der Waals surface area contributed by atoms with Crippen molar-refractivity contribution >= 4 is 28.9 Å². The number of rotatable bonds is 6. The summed E-state index contributed by atoms with van der Waals surface area (Å²) in [6.07, 6.45) is 1.23. The average Bonchev–Trinajstić information content (AvgIpc) is 2.90. The van der Waals surface area contributed by atoms with Gasteiger partial charge in [0.15, 0.2) is 0 Å². The summed E-state index contributed by atoms with van der Waals surface area (Å²) in [7, 11) is 1.58. The van der Waals surface area contributed by atoms with Crippen LogP contribution < -0.4 is 14.5 Å². The van der Waals surface area contributed by atoms with E-state index < -0.39 is 17.8 Å². The fourth-order valence-corrected chi connectivity index (χ4v) is 5.54. The maximum Gasteiger partial charge on any atom is 0.305 e. The van der Waals surface area contributed by atoms with Gasteiger partial charge in [-0.25, -0.2) is 13.8 Å². The highest BCUT2D eigenvalue weighted by Crippen LogP contribution is 2.46. The maximum atomic E-state index is 15.1. The molecular formula is C30H31F2N3O3. The molecule has 1 fully saturated rings. The highest BCUT2D eigenvalue weighted by molar-refractivity contribution is 6.05. The number of carbonyl (C=O) groups is 1. The predicted molar refractivity (Wildman–Crippen MR) is 145 cm³/mol. The van der Waals surface area contributed by atoms with Crippen LogP contribution in [0.25, 0.3) is 0 Å². The number of carboxylic acids is 1. The van der Waals surface area contributed by atoms with Gasteiger partial charge >= 0.3 is 5.97 Å². The fourth-order valence-electron chi connectivity index (χ4n) is 5.54. The molecule has 1 atom stereocenters. The van der Waals surface area contributed by atoms with Gasteiger partial charge in [0.1, 0.15) is 28.9 Å². The van der Waals surface area contributed by atoms with Crippen molar-refractivity contribution in [3.8, 4) is 5.75 Å². The molecule has 0 aromatic heterocycles. The topological polar surface area (TPSA) is 65.4 Å². The zero-order valence-corrected chi connectivity index (χ0v) is 21.7. The molecule has 0 bridgehead atoms. The molecule has 2 aliphatic rings. The molecule has 6 nitrogen and oxygen atoms in total. The van der Waals surface area contributed by atoms with E-state index in [1.807, 2.05) is 36.1 Å². The Morgan fingerprint density at radius 2 is 1.82 bits per heavy atom. The smallest absolute Gasteiger partial charge is 0.305 e. The normalized spacial score (nSPS) is 17.7. The van der Waals surface area contributed by atoms with Gasteiger partial charge in [-0.1, -0.05) is 18.2 Å². The first-order valence-corrected chi connectivity index (χ1v) is 12.8. The molecule has 1 N–H and O–H groups in total. The minimum absolute atomic E-state index is 0.0398. The van der Waals surface area contributed by atoms with Gasteiger partial charge in [0, 0.05) is 30.3 Å². The standard InChI is InChI=1S/C30H31F2N3O3/c1-18-7-10-27(38-3)26(15-18)35-25(17-28(36)37)22-5-4-6-24(32)29(22)33-30(35)20-11-13-34(14-12-20)21-8-9-23(31)19(2)16-21/h4-10,15-16,20,25H,11-14,17H2,1-3H3,(H,36,37). The Balaban J connectivity index is 1.57. The number of piperidine rings is 1. The Bertz CT molecular complexity index is 1400. The number of anilines is 2. The summed E-state index contributed by atoms with van der Waals surface area (Å²) in [5, 5.41) is 9.88. The lowest BCUT2D eigenvalue weighted by Gasteiger charge is -2.43. The van der Waals surface area contributed by atoms with Gasteiger partial charge in [0.05, 0.1) is 25.3 Å². The van der Waals surface area contributed by atoms with Crippen LogP contribution in [0.1, 0.15) is 42.0 Å². The number of methoxy groups -OCH3 is 1. The van der Waals surface area contributed by atoms with E-state index in [1.54, 1.807) is 32.2 Å². The molecule has 2 aliphatic heterocycles. The number of fused-ring (bicyclic) bond motifs is 1. The maximum absolute atomic E-state index is 15.1. The molecule has 0 aliphatic carbocycles. The first kappa shape index (κ1) is 25.7. The first-order valence-electron chi connectivity index (χ1n) is 12.8. The van der Waals surface area contributed by atoms with Crippen molar-refractivity contribution in [3.63, 3.8) is 0 Å². The Morgan fingerprint density at radius 1 is 1.05 bits per heavy atom. The van der Waals surface area contributed by atoms with Crippen LogP contribution in [0.5, 0.6) is 5.75 Å². The van der Waals surface area contributed by atoms with E-state index in [4.69, 9.17) is 9.73 Å².